The Morgan fingerprint density at radius 3 is 2.55 bits per heavy atom. The molecule has 4 saturated carbocycles. The predicted octanol–water partition coefficient (Wildman–Crippen LogP) is 2.58. The molecule has 40 heavy (non-hydrogen) atoms. The Bertz CT molecular complexity index is 1260. The van der Waals surface area contributed by atoms with E-state index in [0.29, 0.717) is 43.6 Å². The third-order valence-electron chi connectivity index (χ3n) is 11.2. The number of ketones is 1. The van der Waals surface area contributed by atoms with E-state index in [1.807, 2.05) is 19.9 Å². The third-order valence-corrected chi connectivity index (χ3v) is 11.2. The monoisotopic (exact) mass is 556 g/mol. The fraction of sp³-hybridized carbons (Fsp3) is 0.677. The minimum atomic E-state index is -2.26. The zero-order chi connectivity index (χ0) is 28.8. The first-order valence-electron chi connectivity index (χ1n) is 14.3. The molecular weight excluding hydrogens is 516 g/mol. The molecule has 9 heteroatoms. The van der Waals surface area contributed by atoms with E-state index in [4.69, 9.17) is 18.9 Å². The molecule has 0 radical (unpaired) electrons. The molecule has 6 aliphatic rings. The number of aliphatic hydroxyl groups is 3. The van der Waals surface area contributed by atoms with Crippen molar-refractivity contribution in [2.75, 3.05) is 20.8 Å². The molecular formula is C31H40O9. The fourth-order valence-corrected chi connectivity index (χ4v) is 9.52. The molecule has 1 aromatic rings. The van der Waals surface area contributed by atoms with Crippen LogP contribution in [0.15, 0.2) is 30.4 Å². The van der Waals surface area contributed by atoms with Gasteiger partial charge in [0, 0.05) is 23.7 Å². The first-order chi connectivity index (χ1) is 18.9. The second-order valence-electron chi connectivity index (χ2n) is 13.1. The van der Waals surface area contributed by atoms with Crippen LogP contribution in [0.1, 0.15) is 51.5 Å². The van der Waals surface area contributed by atoms with E-state index in [2.05, 4.69) is 6.58 Å². The topological polar surface area (TPSA) is 132 Å². The Hall–Kier alpha value is -2.46. The van der Waals surface area contributed by atoms with Crippen molar-refractivity contribution in [2.45, 2.75) is 76.5 Å². The SMILES string of the molecule is C=C1C(=O)[C@]23[C@H](OC(=O)CCc4ccc(OC)c(OC)c4)[C@H]1CC[C@H]2[C@@]12CO[C@]3(O)[C@@H](O)[C@@H]1C(C)(C)CC[C@@H]2O. The average molecular weight is 557 g/mol. The van der Waals surface area contributed by atoms with Gasteiger partial charge in [-0.05, 0) is 66.7 Å². The molecule has 0 unspecified atom stereocenters. The number of rotatable bonds is 6. The number of esters is 1. The van der Waals surface area contributed by atoms with Gasteiger partial charge in [-0.1, -0.05) is 26.5 Å². The summed E-state index contributed by atoms with van der Waals surface area (Å²) >= 11 is 0. The number of benzene rings is 1. The maximum atomic E-state index is 14.2. The van der Waals surface area contributed by atoms with Crippen LogP contribution in [0.3, 0.4) is 0 Å². The summed E-state index contributed by atoms with van der Waals surface area (Å²) < 4.78 is 22.8. The number of aryl methyl sites for hydroxylation is 1. The fourth-order valence-electron chi connectivity index (χ4n) is 9.52. The Morgan fingerprint density at radius 2 is 1.85 bits per heavy atom. The van der Waals surface area contributed by atoms with E-state index in [-0.39, 0.29) is 18.6 Å². The minimum absolute atomic E-state index is 0.0331. The van der Waals surface area contributed by atoms with Crippen LogP contribution in [0.2, 0.25) is 0 Å². The lowest BCUT2D eigenvalue weighted by Crippen LogP contribution is -2.85. The maximum Gasteiger partial charge on any atom is 0.306 e. The Balaban J connectivity index is 1.35. The highest BCUT2D eigenvalue weighted by Gasteiger charge is 2.87. The zero-order valence-electron chi connectivity index (χ0n) is 23.6. The van der Waals surface area contributed by atoms with Gasteiger partial charge in [0.15, 0.2) is 17.3 Å². The van der Waals surface area contributed by atoms with Crippen LogP contribution in [0, 0.1) is 34.0 Å². The molecule has 6 fully saturated rings. The Labute approximate surface area is 234 Å². The normalized spacial score (nSPS) is 42.7. The molecule has 1 aromatic carbocycles. The highest BCUT2D eigenvalue weighted by atomic mass is 16.6. The molecule has 0 aromatic heterocycles. The lowest BCUT2D eigenvalue weighted by molar-refractivity contribution is -0.458. The number of aliphatic hydroxyl groups excluding tert-OH is 2. The molecule has 9 nitrogen and oxygen atoms in total. The predicted molar refractivity (Wildman–Crippen MR) is 142 cm³/mol. The van der Waals surface area contributed by atoms with Crippen molar-refractivity contribution < 1.29 is 43.9 Å². The zero-order valence-corrected chi connectivity index (χ0v) is 23.6. The van der Waals surface area contributed by atoms with Crippen molar-refractivity contribution in [1.29, 1.82) is 0 Å². The summed E-state index contributed by atoms with van der Waals surface area (Å²) in [6, 6.07) is 5.42. The Kier molecular flexibility index (Phi) is 6.24. The Morgan fingerprint density at radius 1 is 1.12 bits per heavy atom. The summed E-state index contributed by atoms with van der Waals surface area (Å²) in [5.74, 6) is -3.58. The molecule has 2 saturated heterocycles. The molecule has 218 valence electrons. The van der Waals surface area contributed by atoms with Gasteiger partial charge in [-0.3, -0.25) is 9.59 Å². The van der Waals surface area contributed by atoms with Crippen molar-refractivity contribution in [3.63, 3.8) is 0 Å². The van der Waals surface area contributed by atoms with Gasteiger partial charge in [-0.25, -0.2) is 0 Å². The first kappa shape index (κ1) is 27.7. The highest BCUT2D eigenvalue weighted by molar-refractivity contribution is 6.05. The van der Waals surface area contributed by atoms with Gasteiger partial charge in [0.2, 0.25) is 5.79 Å². The number of carbonyl (C=O) groups excluding carboxylic acids is 2. The quantitative estimate of drug-likeness (QED) is 0.357. The van der Waals surface area contributed by atoms with E-state index in [1.165, 1.54) is 0 Å². The summed E-state index contributed by atoms with van der Waals surface area (Å²) in [7, 11) is 3.10. The van der Waals surface area contributed by atoms with Gasteiger partial charge in [0.25, 0.3) is 0 Å². The highest BCUT2D eigenvalue weighted by Crippen LogP contribution is 2.76. The number of hydrogen-bond acceptors (Lipinski definition) is 9. The number of methoxy groups -OCH3 is 2. The van der Waals surface area contributed by atoms with Crippen LogP contribution in [0.4, 0.5) is 0 Å². The van der Waals surface area contributed by atoms with Gasteiger partial charge < -0.3 is 34.3 Å². The smallest absolute Gasteiger partial charge is 0.306 e. The average Bonchev–Trinajstić information content (AvgIpc) is 3.04. The van der Waals surface area contributed by atoms with Crippen molar-refractivity contribution in [1.82, 2.24) is 0 Å². The van der Waals surface area contributed by atoms with Crippen LogP contribution < -0.4 is 9.47 Å². The van der Waals surface area contributed by atoms with E-state index < -0.39 is 69.9 Å². The molecule has 3 N–H and O–H groups in total. The summed E-state index contributed by atoms with van der Waals surface area (Å²) in [6.45, 7) is 8.18. The number of carbonyl (C=O) groups is 2. The van der Waals surface area contributed by atoms with Crippen LogP contribution in [-0.4, -0.2) is 72.0 Å². The molecule has 2 aliphatic heterocycles. The van der Waals surface area contributed by atoms with E-state index in [0.717, 1.165) is 5.56 Å². The molecule has 4 aliphatic carbocycles. The van der Waals surface area contributed by atoms with Crippen LogP contribution >= 0.6 is 0 Å². The van der Waals surface area contributed by atoms with Gasteiger partial charge >= 0.3 is 5.97 Å². The van der Waals surface area contributed by atoms with Crippen LogP contribution in [0.25, 0.3) is 0 Å². The largest absolute Gasteiger partial charge is 0.493 e. The molecule has 7 rings (SSSR count). The van der Waals surface area contributed by atoms with Gasteiger partial charge in [-0.2, -0.15) is 0 Å². The number of ether oxygens (including phenoxy) is 4. The van der Waals surface area contributed by atoms with Gasteiger partial charge in [0.1, 0.15) is 17.6 Å². The van der Waals surface area contributed by atoms with Gasteiger partial charge in [0.05, 0.1) is 26.9 Å². The lowest BCUT2D eigenvalue weighted by Gasteiger charge is -2.74. The standard InChI is InChI=1S/C31H40O9/c1-16-18-8-10-21-29-15-39-31(36,26(35)24(29)28(2,3)13-12-22(29)32)30(21,25(16)34)27(18)40-23(33)11-7-17-6-9-19(37-4)20(14-17)38-5/h6,9,14,18,21-22,24,26-27,32,35-36H,1,7-8,10-13,15H2,2-5H3/t18-,21-,22-,24+,26-,27+,29+,30-,31+/m0/s1. The summed E-state index contributed by atoms with van der Waals surface area (Å²) in [5.41, 5.74) is -1.95. The first-order valence-corrected chi connectivity index (χ1v) is 14.3. The summed E-state index contributed by atoms with van der Waals surface area (Å²) in [6.07, 6.45) is -0.662. The van der Waals surface area contributed by atoms with Crippen LogP contribution in [0.5, 0.6) is 11.5 Å². The van der Waals surface area contributed by atoms with Crippen molar-refractivity contribution in [2.24, 2.45) is 34.0 Å². The third kappa shape index (κ3) is 3.23. The maximum absolute atomic E-state index is 14.2. The summed E-state index contributed by atoms with van der Waals surface area (Å²) in [4.78, 5) is 27.5. The molecule has 2 spiro atoms. The number of Topliss-reactive ketones (excluding diaryl/α,β-unsaturated/α-hetero) is 1. The van der Waals surface area contributed by atoms with Crippen molar-refractivity contribution >= 4 is 11.8 Å². The summed E-state index contributed by atoms with van der Waals surface area (Å²) in [5, 5.41) is 35.6. The van der Waals surface area contributed by atoms with Crippen molar-refractivity contribution in [3.8, 4) is 11.5 Å². The lowest BCUT2D eigenvalue weighted by atomic mass is 9.35. The second kappa shape index (κ2) is 9.02. The van der Waals surface area contributed by atoms with E-state index in [9.17, 15) is 24.9 Å². The van der Waals surface area contributed by atoms with E-state index >= 15 is 0 Å². The van der Waals surface area contributed by atoms with Crippen molar-refractivity contribution in [3.05, 3.63) is 35.9 Å². The molecule has 9 atom stereocenters. The number of fused-ring (bicyclic) bond motifs is 2. The number of hydrogen-bond donors (Lipinski definition) is 3. The van der Waals surface area contributed by atoms with E-state index in [1.54, 1.807) is 26.4 Å². The minimum Gasteiger partial charge on any atom is -0.493 e. The van der Waals surface area contributed by atoms with Crippen LogP contribution in [-0.2, 0) is 25.5 Å². The van der Waals surface area contributed by atoms with Gasteiger partial charge in [-0.15, -0.1) is 0 Å². The molecule has 0 amide bonds. The second-order valence-corrected chi connectivity index (χ2v) is 13.1. The molecule has 4 bridgehead atoms. The molecule has 2 heterocycles.